The first-order chi connectivity index (χ1) is 9.83. The van der Waals surface area contributed by atoms with E-state index < -0.39 is 0 Å². The third kappa shape index (κ3) is 3.00. The van der Waals surface area contributed by atoms with Gasteiger partial charge in [0.15, 0.2) is 0 Å². The minimum atomic E-state index is 0.370. The molecule has 1 heterocycles. The molecule has 1 fully saturated rings. The van der Waals surface area contributed by atoms with Gasteiger partial charge in [0.05, 0.1) is 0 Å². The molecule has 2 aromatic carbocycles. The van der Waals surface area contributed by atoms with Crippen molar-refractivity contribution in [2.45, 2.75) is 19.0 Å². The molecule has 2 aromatic rings. The van der Waals surface area contributed by atoms with Crippen LogP contribution in [0.15, 0.2) is 54.6 Å². The van der Waals surface area contributed by atoms with Gasteiger partial charge in [0.25, 0.3) is 0 Å². The minimum Gasteiger partial charge on any atom is -0.457 e. The quantitative estimate of drug-likeness (QED) is 0.897. The molecule has 0 radical (unpaired) electrons. The fraction of sp³-hybridized carbons (Fsp3) is 0.294. The maximum absolute atomic E-state index is 5.81. The van der Waals surface area contributed by atoms with E-state index in [-0.39, 0.29) is 0 Å². The second-order valence-electron chi connectivity index (χ2n) is 5.16. The molecule has 1 aliphatic heterocycles. The molecule has 1 aliphatic rings. The van der Waals surface area contributed by atoms with E-state index in [2.05, 4.69) is 29.7 Å². The van der Waals surface area contributed by atoms with Crippen LogP contribution in [0.25, 0.3) is 0 Å². The van der Waals surface area contributed by atoms with Gasteiger partial charge in [-0.25, -0.2) is 0 Å². The van der Waals surface area contributed by atoms with E-state index in [1.165, 1.54) is 5.56 Å². The number of para-hydroxylation sites is 1. The van der Waals surface area contributed by atoms with Gasteiger partial charge < -0.3 is 15.4 Å². The van der Waals surface area contributed by atoms with Gasteiger partial charge in [-0.3, -0.25) is 0 Å². The highest BCUT2D eigenvalue weighted by Crippen LogP contribution is 2.25. The third-order valence-corrected chi connectivity index (χ3v) is 3.67. The number of benzene rings is 2. The van der Waals surface area contributed by atoms with Crippen molar-refractivity contribution in [2.75, 3.05) is 13.1 Å². The van der Waals surface area contributed by atoms with Crippen LogP contribution in [0.1, 0.15) is 18.5 Å². The van der Waals surface area contributed by atoms with Gasteiger partial charge in [0.1, 0.15) is 11.5 Å². The number of ether oxygens (including phenoxy) is 1. The maximum Gasteiger partial charge on any atom is 0.127 e. The monoisotopic (exact) mass is 268 g/mol. The Morgan fingerprint density at radius 2 is 1.50 bits per heavy atom. The SMILES string of the molecule is CC1NCCNC1c1ccc(Oc2ccccc2)cc1. The standard InChI is InChI=1S/C17H20N2O/c1-13-17(19-12-11-18-13)14-7-9-16(10-8-14)20-15-5-3-2-4-6-15/h2-10,13,17-19H,11-12H2,1H3. The summed E-state index contributed by atoms with van der Waals surface area (Å²) in [6.45, 7) is 4.26. The second-order valence-corrected chi connectivity index (χ2v) is 5.16. The molecule has 0 aliphatic carbocycles. The molecular formula is C17H20N2O. The lowest BCUT2D eigenvalue weighted by Crippen LogP contribution is -2.48. The Morgan fingerprint density at radius 3 is 2.20 bits per heavy atom. The van der Waals surface area contributed by atoms with Crippen LogP contribution in [0.3, 0.4) is 0 Å². The molecule has 2 unspecified atom stereocenters. The van der Waals surface area contributed by atoms with Crippen LogP contribution >= 0.6 is 0 Å². The first-order valence-corrected chi connectivity index (χ1v) is 7.12. The number of piperazine rings is 1. The van der Waals surface area contributed by atoms with Gasteiger partial charge in [0.2, 0.25) is 0 Å². The van der Waals surface area contributed by atoms with Gasteiger partial charge in [-0.1, -0.05) is 30.3 Å². The number of hydrogen-bond acceptors (Lipinski definition) is 3. The topological polar surface area (TPSA) is 33.3 Å². The predicted octanol–water partition coefficient (Wildman–Crippen LogP) is 3.10. The molecule has 104 valence electrons. The summed E-state index contributed by atoms with van der Waals surface area (Å²) in [6.07, 6.45) is 0. The fourth-order valence-electron chi connectivity index (χ4n) is 2.60. The van der Waals surface area contributed by atoms with Crippen LogP contribution in [-0.2, 0) is 0 Å². The van der Waals surface area contributed by atoms with Gasteiger partial charge in [-0.15, -0.1) is 0 Å². The van der Waals surface area contributed by atoms with Crippen LogP contribution in [0.5, 0.6) is 11.5 Å². The molecule has 2 atom stereocenters. The minimum absolute atomic E-state index is 0.370. The Kier molecular flexibility index (Phi) is 4.00. The highest BCUT2D eigenvalue weighted by molar-refractivity contribution is 5.34. The van der Waals surface area contributed by atoms with Crippen molar-refractivity contribution in [1.82, 2.24) is 10.6 Å². The van der Waals surface area contributed by atoms with E-state index in [0.717, 1.165) is 24.6 Å². The van der Waals surface area contributed by atoms with E-state index in [0.29, 0.717) is 12.1 Å². The number of hydrogen-bond donors (Lipinski definition) is 2. The molecule has 20 heavy (non-hydrogen) atoms. The van der Waals surface area contributed by atoms with Crippen LogP contribution < -0.4 is 15.4 Å². The summed E-state index contributed by atoms with van der Waals surface area (Å²) in [7, 11) is 0. The molecular weight excluding hydrogens is 248 g/mol. The normalized spacial score (nSPS) is 22.4. The molecule has 0 bridgehead atoms. The summed E-state index contributed by atoms with van der Waals surface area (Å²) in [5.74, 6) is 1.74. The Morgan fingerprint density at radius 1 is 0.850 bits per heavy atom. The van der Waals surface area contributed by atoms with E-state index in [1.54, 1.807) is 0 Å². The third-order valence-electron chi connectivity index (χ3n) is 3.67. The van der Waals surface area contributed by atoms with Crippen molar-refractivity contribution in [3.63, 3.8) is 0 Å². The van der Waals surface area contributed by atoms with Gasteiger partial charge in [-0.05, 0) is 36.8 Å². The largest absolute Gasteiger partial charge is 0.457 e. The Balaban J connectivity index is 1.71. The van der Waals surface area contributed by atoms with Crippen LogP contribution in [0.2, 0.25) is 0 Å². The first-order valence-electron chi connectivity index (χ1n) is 7.12. The van der Waals surface area contributed by atoms with Gasteiger partial charge in [-0.2, -0.15) is 0 Å². The molecule has 0 aromatic heterocycles. The number of rotatable bonds is 3. The second kappa shape index (κ2) is 6.07. The van der Waals surface area contributed by atoms with Crippen LogP contribution in [0.4, 0.5) is 0 Å². The average Bonchev–Trinajstić information content (AvgIpc) is 2.50. The summed E-state index contributed by atoms with van der Waals surface area (Å²) in [6, 6.07) is 19.0. The van der Waals surface area contributed by atoms with Crippen LogP contribution in [0, 0.1) is 0 Å². The molecule has 3 rings (SSSR count). The molecule has 2 N–H and O–H groups in total. The fourth-order valence-corrected chi connectivity index (χ4v) is 2.60. The van der Waals surface area contributed by atoms with E-state index >= 15 is 0 Å². The molecule has 3 heteroatoms. The van der Waals surface area contributed by atoms with Crippen molar-refractivity contribution < 1.29 is 4.74 Å². The zero-order chi connectivity index (χ0) is 13.8. The van der Waals surface area contributed by atoms with Gasteiger partial charge >= 0.3 is 0 Å². The molecule has 0 amide bonds. The summed E-state index contributed by atoms with van der Waals surface area (Å²) in [5.41, 5.74) is 1.30. The Bertz CT molecular complexity index is 539. The molecule has 0 spiro atoms. The molecule has 0 saturated carbocycles. The zero-order valence-corrected chi connectivity index (χ0v) is 11.7. The lowest BCUT2D eigenvalue weighted by atomic mass is 9.98. The van der Waals surface area contributed by atoms with E-state index in [1.807, 2.05) is 42.5 Å². The maximum atomic E-state index is 5.81. The smallest absolute Gasteiger partial charge is 0.127 e. The summed E-state index contributed by atoms with van der Waals surface area (Å²) in [4.78, 5) is 0. The van der Waals surface area contributed by atoms with E-state index in [4.69, 9.17) is 4.74 Å². The highest BCUT2D eigenvalue weighted by Gasteiger charge is 2.21. The molecule has 3 nitrogen and oxygen atoms in total. The van der Waals surface area contributed by atoms with Crippen molar-refractivity contribution in [3.8, 4) is 11.5 Å². The van der Waals surface area contributed by atoms with E-state index in [9.17, 15) is 0 Å². The zero-order valence-electron chi connectivity index (χ0n) is 11.7. The predicted molar refractivity (Wildman–Crippen MR) is 81.2 cm³/mol. The van der Waals surface area contributed by atoms with Crippen molar-refractivity contribution in [3.05, 3.63) is 60.2 Å². The Hall–Kier alpha value is -1.84. The summed E-state index contributed by atoms with van der Waals surface area (Å²) >= 11 is 0. The van der Waals surface area contributed by atoms with Crippen molar-refractivity contribution in [2.24, 2.45) is 0 Å². The van der Waals surface area contributed by atoms with Gasteiger partial charge in [0, 0.05) is 25.2 Å². The summed E-state index contributed by atoms with van der Waals surface area (Å²) < 4.78 is 5.81. The highest BCUT2D eigenvalue weighted by atomic mass is 16.5. The summed E-state index contributed by atoms with van der Waals surface area (Å²) in [5, 5.41) is 7.04. The van der Waals surface area contributed by atoms with Crippen LogP contribution in [-0.4, -0.2) is 19.1 Å². The van der Waals surface area contributed by atoms with Crippen molar-refractivity contribution in [1.29, 1.82) is 0 Å². The van der Waals surface area contributed by atoms with Crippen molar-refractivity contribution >= 4 is 0 Å². The molecule has 1 saturated heterocycles. The number of nitrogens with one attached hydrogen (secondary N) is 2. The average molecular weight is 268 g/mol. The Labute approximate surface area is 120 Å². The lowest BCUT2D eigenvalue weighted by Gasteiger charge is -2.31. The lowest BCUT2D eigenvalue weighted by molar-refractivity contribution is 0.345. The first kappa shape index (κ1) is 13.2.